The van der Waals surface area contributed by atoms with Crippen molar-refractivity contribution in [1.82, 2.24) is 19.7 Å². The standard InChI is InChI=1S/C15H14FN5/c1-9-5-10(3-4-12(9)16)15-19-13(6-14(17)20-15)11-7-18-21(2)8-11/h3-8H,1-2H3,(H2,17,19,20). The van der Waals surface area contributed by atoms with Crippen molar-refractivity contribution in [2.24, 2.45) is 7.05 Å². The van der Waals surface area contributed by atoms with Gasteiger partial charge in [0.05, 0.1) is 11.9 Å². The Morgan fingerprint density at radius 1 is 1.14 bits per heavy atom. The second-order valence-corrected chi connectivity index (χ2v) is 4.87. The lowest BCUT2D eigenvalue weighted by molar-refractivity contribution is 0.618. The Labute approximate surface area is 121 Å². The zero-order valence-electron chi connectivity index (χ0n) is 11.7. The average molecular weight is 283 g/mol. The normalized spacial score (nSPS) is 10.8. The van der Waals surface area contributed by atoms with Crippen LogP contribution in [0.5, 0.6) is 0 Å². The van der Waals surface area contributed by atoms with E-state index in [1.807, 2.05) is 13.2 Å². The summed E-state index contributed by atoms with van der Waals surface area (Å²) < 4.78 is 15.1. The summed E-state index contributed by atoms with van der Waals surface area (Å²) in [5.41, 5.74) is 8.67. The van der Waals surface area contributed by atoms with Crippen LogP contribution in [0.3, 0.4) is 0 Å². The minimum Gasteiger partial charge on any atom is -0.384 e. The highest BCUT2D eigenvalue weighted by Gasteiger charge is 2.10. The molecule has 0 spiro atoms. The lowest BCUT2D eigenvalue weighted by Crippen LogP contribution is -1.98. The summed E-state index contributed by atoms with van der Waals surface area (Å²) in [6, 6.07) is 6.44. The Hall–Kier alpha value is -2.76. The highest BCUT2D eigenvalue weighted by molar-refractivity contribution is 5.66. The molecular weight excluding hydrogens is 269 g/mol. The van der Waals surface area contributed by atoms with Crippen molar-refractivity contribution < 1.29 is 4.39 Å². The van der Waals surface area contributed by atoms with Crippen molar-refractivity contribution in [2.75, 3.05) is 5.73 Å². The number of nitrogen functional groups attached to an aromatic ring is 1. The van der Waals surface area contributed by atoms with Crippen LogP contribution in [0.4, 0.5) is 10.2 Å². The summed E-state index contributed by atoms with van der Waals surface area (Å²) >= 11 is 0. The van der Waals surface area contributed by atoms with Crippen LogP contribution in [0.25, 0.3) is 22.6 Å². The van der Waals surface area contributed by atoms with Gasteiger partial charge in [0.25, 0.3) is 0 Å². The molecule has 106 valence electrons. The molecule has 2 aromatic heterocycles. The van der Waals surface area contributed by atoms with Gasteiger partial charge in [-0.1, -0.05) is 0 Å². The van der Waals surface area contributed by atoms with E-state index in [9.17, 15) is 4.39 Å². The summed E-state index contributed by atoms with van der Waals surface area (Å²) in [6.45, 7) is 1.70. The predicted octanol–water partition coefficient (Wildman–Crippen LogP) is 2.57. The number of hydrogen-bond donors (Lipinski definition) is 1. The molecular formula is C15H14FN5. The van der Waals surface area contributed by atoms with Gasteiger partial charge in [-0.05, 0) is 30.7 Å². The first-order valence-electron chi connectivity index (χ1n) is 6.43. The molecule has 1 aromatic carbocycles. The van der Waals surface area contributed by atoms with Crippen molar-refractivity contribution in [3.8, 4) is 22.6 Å². The number of nitrogens with two attached hydrogens (primary N) is 1. The summed E-state index contributed by atoms with van der Waals surface area (Å²) in [5, 5.41) is 4.12. The second kappa shape index (κ2) is 4.97. The van der Waals surface area contributed by atoms with E-state index in [-0.39, 0.29) is 5.82 Å². The Morgan fingerprint density at radius 3 is 2.62 bits per heavy atom. The van der Waals surface area contributed by atoms with Gasteiger partial charge in [-0.25, -0.2) is 14.4 Å². The molecule has 0 bridgehead atoms. The quantitative estimate of drug-likeness (QED) is 0.784. The van der Waals surface area contributed by atoms with Crippen molar-refractivity contribution in [3.05, 3.63) is 48.0 Å². The molecule has 3 rings (SSSR count). The zero-order valence-corrected chi connectivity index (χ0v) is 11.7. The number of halogens is 1. The monoisotopic (exact) mass is 283 g/mol. The van der Waals surface area contributed by atoms with E-state index in [4.69, 9.17) is 5.73 Å². The molecule has 0 saturated heterocycles. The highest BCUT2D eigenvalue weighted by Crippen LogP contribution is 2.24. The van der Waals surface area contributed by atoms with E-state index in [0.29, 0.717) is 22.9 Å². The lowest BCUT2D eigenvalue weighted by Gasteiger charge is -2.06. The summed E-state index contributed by atoms with van der Waals surface area (Å²) in [7, 11) is 1.83. The third kappa shape index (κ3) is 2.60. The third-order valence-electron chi connectivity index (χ3n) is 3.16. The predicted molar refractivity (Wildman–Crippen MR) is 78.8 cm³/mol. The lowest BCUT2D eigenvalue weighted by atomic mass is 10.1. The van der Waals surface area contributed by atoms with Crippen molar-refractivity contribution >= 4 is 5.82 Å². The number of benzene rings is 1. The van der Waals surface area contributed by atoms with Gasteiger partial charge in [0.2, 0.25) is 0 Å². The molecule has 0 unspecified atom stereocenters. The van der Waals surface area contributed by atoms with Crippen molar-refractivity contribution in [1.29, 1.82) is 0 Å². The molecule has 0 amide bonds. The van der Waals surface area contributed by atoms with Gasteiger partial charge in [0.1, 0.15) is 11.6 Å². The van der Waals surface area contributed by atoms with Crippen LogP contribution in [0.1, 0.15) is 5.56 Å². The smallest absolute Gasteiger partial charge is 0.162 e. The van der Waals surface area contributed by atoms with Crippen LogP contribution in [0, 0.1) is 12.7 Å². The average Bonchev–Trinajstić information content (AvgIpc) is 2.88. The maximum atomic E-state index is 13.4. The Morgan fingerprint density at radius 2 is 1.95 bits per heavy atom. The summed E-state index contributed by atoms with van der Waals surface area (Å²) in [6.07, 6.45) is 3.56. The van der Waals surface area contributed by atoms with E-state index in [1.54, 1.807) is 36.0 Å². The fourth-order valence-corrected chi connectivity index (χ4v) is 2.08. The molecule has 21 heavy (non-hydrogen) atoms. The zero-order chi connectivity index (χ0) is 15.0. The molecule has 0 radical (unpaired) electrons. The minimum atomic E-state index is -0.255. The van der Waals surface area contributed by atoms with Gasteiger partial charge in [-0.2, -0.15) is 5.10 Å². The number of aromatic nitrogens is 4. The maximum absolute atomic E-state index is 13.4. The van der Waals surface area contributed by atoms with E-state index in [0.717, 1.165) is 11.1 Å². The first kappa shape index (κ1) is 13.2. The number of nitrogens with zero attached hydrogens (tertiary/aromatic N) is 4. The largest absolute Gasteiger partial charge is 0.384 e. The van der Waals surface area contributed by atoms with Crippen molar-refractivity contribution in [3.63, 3.8) is 0 Å². The van der Waals surface area contributed by atoms with Crippen LogP contribution in [-0.2, 0) is 7.05 Å². The van der Waals surface area contributed by atoms with E-state index in [2.05, 4.69) is 15.1 Å². The van der Waals surface area contributed by atoms with Crippen molar-refractivity contribution in [2.45, 2.75) is 6.92 Å². The van der Waals surface area contributed by atoms with Crippen LogP contribution < -0.4 is 5.73 Å². The summed E-state index contributed by atoms with van der Waals surface area (Å²) in [5.74, 6) is 0.577. The molecule has 0 saturated carbocycles. The maximum Gasteiger partial charge on any atom is 0.162 e. The van der Waals surface area contributed by atoms with Crippen LogP contribution >= 0.6 is 0 Å². The molecule has 0 aliphatic heterocycles. The number of aryl methyl sites for hydroxylation is 2. The molecule has 0 fully saturated rings. The van der Waals surface area contributed by atoms with E-state index >= 15 is 0 Å². The SMILES string of the molecule is Cc1cc(-c2nc(N)cc(-c3cnn(C)c3)n2)ccc1F. The topological polar surface area (TPSA) is 69.6 Å². The van der Waals surface area contributed by atoms with Gasteiger partial charge in [0.15, 0.2) is 5.82 Å². The van der Waals surface area contributed by atoms with Crippen LogP contribution in [0.15, 0.2) is 36.7 Å². The van der Waals surface area contributed by atoms with Crippen LogP contribution in [0.2, 0.25) is 0 Å². The molecule has 3 aromatic rings. The Bertz CT molecular complexity index is 810. The summed E-state index contributed by atoms with van der Waals surface area (Å²) in [4.78, 5) is 8.72. The number of hydrogen-bond acceptors (Lipinski definition) is 4. The fraction of sp³-hybridized carbons (Fsp3) is 0.133. The highest BCUT2D eigenvalue weighted by atomic mass is 19.1. The third-order valence-corrected chi connectivity index (χ3v) is 3.16. The van der Waals surface area contributed by atoms with Gasteiger partial charge < -0.3 is 5.73 Å². The van der Waals surface area contributed by atoms with E-state index < -0.39 is 0 Å². The molecule has 2 N–H and O–H groups in total. The molecule has 5 nitrogen and oxygen atoms in total. The number of anilines is 1. The Balaban J connectivity index is 2.11. The van der Waals surface area contributed by atoms with Gasteiger partial charge >= 0.3 is 0 Å². The van der Waals surface area contributed by atoms with Gasteiger partial charge in [0, 0.05) is 30.4 Å². The minimum absolute atomic E-state index is 0.255. The molecule has 0 aliphatic rings. The first-order valence-corrected chi connectivity index (χ1v) is 6.43. The molecule has 0 aliphatic carbocycles. The Kier molecular flexibility index (Phi) is 3.13. The molecule has 0 atom stereocenters. The fourth-order valence-electron chi connectivity index (χ4n) is 2.08. The molecule has 6 heteroatoms. The van der Waals surface area contributed by atoms with Gasteiger partial charge in [-0.3, -0.25) is 4.68 Å². The van der Waals surface area contributed by atoms with Crippen LogP contribution in [-0.4, -0.2) is 19.7 Å². The van der Waals surface area contributed by atoms with E-state index in [1.165, 1.54) is 6.07 Å². The number of rotatable bonds is 2. The molecule has 2 heterocycles. The first-order chi connectivity index (χ1) is 10.0. The second-order valence-electron chi connectivity index (χ2n) is 4.87. The van der Waals surface area contributed by atoms with Gasteiger partial charge in [-0.15, -0.1) is 0 Å².